The predicted octanol–water partition coefficient (Wildman–Crippen LogP) is 4.39. The van der Waals surface area contributed by atoms with Crippen molar-refractivity contribution < 1.29 is 9.15 Å². The van der Waals surface area contributed by atoms with E-state index < -0.39 is 6.04 Å². The number of aromatic nitrogens is 5. The molecule has 0 radical (unpaired) electrons. The van der Waals surface area contributed by atoms with Crippen LogP contribution in [0.15, 0.2) is 82.2 Å². The molecule has 4 heterocycles. The molecule has 0 amide bonds. The Morgan fingerprint density at radius 1 is 1.11 bits per heavy atom. The number of furan rings is 1. The molecule has 1 N–H and O–H groups in total. The normalized spacial score (nSPS) is 16.4. The third-order valence-electron chi connectivity index (χ3n) is 7.15. The molecule has 6 rings (SSSR count). The van der Waals surface area contributed by atoms with Gasteiger partial charge in [0.1, 0.15) is 11.8 Å². The first-order valence-electron chi connectivity index (χ1n) is 13.0. The number of ether oxygens (including phenoxy) is 1. The molecule has 9 nitrogen and oxygen atoms in total. The molecule has 9 heteroatoms. The van der Waals surface area contributed by atoms with Gasteiger partial charge in [0.2, 0.25) is 0 Å². The maximum Gasteiger partial charge on any atom is 0.253 e. The maximum atomic E-state index is 13.7. The van der Waals surface area contributed by atoms with Gasteiger partial charge in [0.05, 0.1) is 31.0 Å². The molecule has 1 fully saturated rings. The number of hydrogen-bond acceptors (Lipinski definition) is 7. The van der Waals surface area contributed by atoms with Gasteiger partial charge in [-0.05, 0) is 64.9 Å². The van der Waals surface area contributed by atoms with Crippen LogP contribution in [-0.2, 0) is 24.4 Å². The number of rotatable bonds is 9. The van der Waals surface area contributed by atoms with Crippen LogP contribution in [0.3, 0.4) is 0 Å². The molecular weight excluding hydrogens is 480 g/mol. The summed E-state index contributed by atoms with van der Waals surface area (Å²) in [6, 6.07) is 21.4. The minimum absolute atomic E-state index is 0.0445. The number of pyridine rings is 1. The van der Waals surface area contributed by atoms with Gasteiger partial charge < -0.3 is 14.1 Å². The van der Waals surface area contributed by atoms with E-state index >= 15 is 0 Å². The number of aromatic amines is 1. The second-order valence-electron chi connectivity index (χ2n) is 9.82. The summed E-state index contributed by atoms with van der Waals surface area (Å²) in [5, 5.41) is 13.8. The lowest BCUT2D eigenvalue weighted by atomic mass is 10.0. The zero-order chi connectivity index (χ0) is 25.9. The van der Waals surface area contributed by atoms with E-state index in [4.69, 9.17) is 9.15 Å². The molecule has 1 saturated heterocycles. The standard InChI is InChI=1S/C29H30N6O3/c1-20-8-5-11-22-16-25(29(36)30-26(20)22)27(28-31-32-33-35(28)19-24-13-7-15-38-24)34(18-23-12-6-14-37-23)17-21-9-3-2-4-10-21/h2-6,8-12,14,16,24,27H,7,13,15,17-19H2,1H3,(H,30,36)/t24-,27+/m1/s1. The van der Waals surface area contributed by atoms with Gasteiger partial charge in [-0.3, -0.25) is 9.69 Å². The summed E-state index contributed by atoms with van der Waals surface area (Å²) >= 11 is 0. The third-order valence-corrected chi connectivity index (χ3v) is 7.15. The quantitative estimate of drug-likeness (QED) is 0.314. The Hall–Kier alpha value is -4.08. The van der Waals surface area contributed by atoms with Gasteiger partial charge in [0, 0.05) is 18.7 Å². The van der Waals surface area contributed by atoms with E-state index in [-0.39, 0.29) is 11.7 Å². The third kappa shape index (κ3) is 5.03. The van der Waals surface area contributed by atoms with Crippen LogP contribution in [0.25, 0.3) is 10.9 Å². The minimum atomic E-state index is -0.537. The second kappa shape index (κ2) is 10.7. The summed E-state index contributed by atoms with van der Waals surface area (Å²) in [7, 11) is 0. The van der Waals surface area contributed by atoms with Crippen molar-refractivity contribution in [2.24, 2.45) is 0 Å². The molecule has 1 aliphatic heterocycles. The van der Waals surface area contributed by atoms with E-state index in [0.29, 0.717) is 31.0 Å². The number of aryl methyl sites for hydroxylation is 1. The smallest absolute Gasteiger partial charge is 0.253 e. The fourth-order valence-electron chi connectivity index (χ4n) is 5.28. The van der Waals surface area contributed by atoms with Crippen molar-refractivity contribution in [2.75, 3.05) is 6.61 Å². The van der Waals surface area contributed by atoms with Crippen LogP contribution in [-0.4, -0.2) is 42.8 Å². The van der Waals surface area contributed by atoms with Crippen molar-refractivity contribution in [3.05, 3.63) is 112 Å². The van der Waals surface area contributed by atoms with Gasteiger partial charge in [0.15, 0.2) is 5.82 Å². The Bertz CT molecular complexity index is 1550. The van der Waals surface area contributed by atoms with Gasteiger partial charge in [-0.2, -0.15) is 0 Å². The molecule has 5 aromatic rings. The number of para-hydroxylation sites is 1. The van der Waals surface area contributed by atoms with E-state index in [0.717, 1.165) is 47.2 Å². The monoisotopic (exact) mass is 510 g/mol. The highest BCUT2D eigenvalue weighted by Crippen LogP contribution is 2.31. The van der Waals surface area contributed by atoms with Crippen molar-refractivity contribution in [3.8, 4) is 0 Å². The Kier molecular flexibility index (Phi) is 6.85. The molecular formula is C29H30N6O3. The highest BCUT2D eigenvalue weighted by Gasteiger charge is 2.32. The highest BCUT2D eigenvalue weighted by atomic mass is 16.5. The lowest BCUT2D eigenvalue weighted by Crippen LogP contribution is -2.35. The van der Waals surface area contributed by atoms with Crippen molar-refractivity contribution in [3.63, 3.8) is 0 Å². The van der Waals surface area contributed by atoms with Crippen LogP contribution in [0.5, 0.6) is 0 Å². The van der Waals surface area contributed by atoms with E-state index in [1.165, 1.54) is 0 Å². The van der Waals surface area contributed by atoms with Crippen molar-refractivity contribution >= 4 is 10.9 Å². The summed E-state index contributed by atoms with van der Waals surface area (Å²) < 4.78 is 13.4. The summed E-state index contributed by atoms with van der Waals surface area (Å²) in [6.45, 7) is 4.29. The number of nitrogens with one attached hydrogen (secondary N) is 1. The minimum Gasteiger partial charge on any atom is -0.468 e. The van der Waals surface area contributed by atoms with E-state index in [1.54, 1.807) is 10.9 Å². The van der Waals surface area contributed by atoms with E-state index in [9.17, 15) is 4.79 Å². The lowest BCUT2D eigenvalue weighted by molar-refractivity contribution is 0.0901. The summed E-state index contributed by atoms with van der Waals surface area (Å²) in [5.41, 5.74) is 3.37. The number of H-pyrrole nitrogens is 1. The SMILES string of the molecule is Cc1cccc2cc([C@@H](c3nnnn3C[C@H]3CCCO3)N(Cc3ccccc3)Cc3ccco3)c(=O)[nH]c12. The molecule has 0 spiro atoms. The Morgan fingerprint density at radius 3 is 2.79 bits per heavy atom. The van der Waals surface area contributed by atoms with Gasteiger partial charge in [-0.1, -0.05) is 48.5 Å². The summed E-state index contributed by atoms with van der Waals surface area (Å²) in [5.74, 6) is 1.39. The lowest BCUT2D eigenvalue weighted by Gasteiger charge is -2.30. The fourth-order valence-corrected chi connectivity index (χ4v) is 5.28. The van der Waals surface area contributed by atoms with Gasteiger partial charge in [-0.25, -0.2) is 4.68 Å². The molecule has 3 aromatic heterocycles. The van der Waals surface area contributed by atoms with Crippen LogP contribution < -0.4 is 5.56 Å². The summed E-state index contributed by atoms with van der Waals surface area (Å²) in [6.07, 6.45) is 3.69. The molecule has 2 aromatic carbocycles. The zero-order valence-corrected chi connectivity index (χ0v) is 21.3. The second-order valence-corrected chi connectivity index (χ2v) is 9.82. The molecule has 194 valence electrons. The van der Waals surface area contributed by atoms with Crippen LogP contribution in [0.1, 0.15) is 47.2 Å². The molecule has 0 saturated carbocycles. The Balaban J connectivity index is 1.50. The molecule has 0 bridgehead atoms. The summed E-state index contributed by atoms with van der Waals surface area (Å²) in [4.78, 5) is 19.1. The van der Waals surface area contributed by atoms with E-state index in [1.807, 2.05) is 61.5 Å². The number of benzene rings is 2. The first kappa shape index (κ1) is 24.3. The molecule has 2 atom stereocenters. The molecule has 0 aliphatic carbocycles. The molecule has 0 unspecified atom stereocenters. The number of fused-ring (bicyclic) bond motifs is 1. The predicted molar refractivity (Wildman–Crippen MR) is 142 cm³/mol. The average Bonchev–Trinajstić information content (AvgIpc) is 3.71. The topological polar surface area (TPSA) is 102 Å². The highest BCUT2D eigenvalue weighted by molar-refractivity contribution is 5.82. The van der Waals surface area contributed by atoms with E-state index in [2.05, 4.69) is 37.5 Å². The molecule has 1 aliphatic rings. The van der Waals surface area contributed by atoms with Crippen LogP contribution >= 0.6 is 0 Å². The number of tetrazole rings is 1. The zero-order valence-electron chi connectivity index (χ0n) is 21.3. The van der Waals surface area contributed by atoms with Crippen molar-refractivity contribution in [1.82, 2.24) is 30.1 Å². The van der Waals surface area contributed by atoms with Gasteiger partial charge >= 0.3 is 0 Å². The number of hydrogen-bond donors (Lipinski definition) is 1. The van der Waals surface area contributed by atoms with Gasteiger partial charge in [0.25, 0.3) is 5.56 Å². The fraction of sp³-hybridized carbons (Fsp3) is 0.310. The van der Waals surface area contributed by atoms with Crippen LogP contribution in [0.2, 0.25) is 0 Å². The first-order valence-corrected chi connectivity index (χ1v) is 13.0. The van der Waals surface area contributed by atoms with Gasteiger partial charge in [-0.15, -0.1) is 5.10 Å². The Morgan fingerprint density at radius 2 is 2.00 bits per heavy atom. The Labute approximate surface area is 220 Å². The van der Waals surface area contributed by atoms with Crippen molar-refractivity contribution in [2.45, 2.75) is 51.5 Å². The van der Waals surface area contributed by atoms with Crippen LogP contribution in [0, 0.1) is 6.92 Å². The number of nitrogens with zero attached hydrogens (tertiary/aromatic N) is 5. The van der Waals surface area contributed by atoms with Crippen LogP contribution in [0.4, 0.5) is 0 Å². The molecule has 38 heavy (non-hydrogen) atoms. The van der Waals surface area contributed by atoms with Crippen molar-refractivity contribution in [1.29, 1.82) is 0 Å². The average molecular weight is 511 g/mol. The first-order chi connectivity index (χ1) is 18.7. The maximum absolute atomic E-state index is 13.7. The largest absolute Gasteiger partial charge is 0.468 e.